The van der Waals surface area contributed by atoms with E-state index in [0.717, 1.165) is 13.5 Å². The Balaban J connectivity index is -0.000000481. The number of hydrogen-bond donors (Lipinski definition) is 1. The van der Waals surface area contributed by atoms with Crippen LogP contribution in [0.25, 0.3) is 16.3 Å². The summed E-state index contributed by atoms with van der Waals surface area (Å²) < 4.78 is 0. The SMILES string of the molecule is CC1=CCC(c2[c-]c3ccccc3cc2)=C1.CO.C[C-](C)C.Cl.Cl.[Ti+2]. The molecule has 3 rings (SSSR count). The Kier molecular flexibility index (Phi) is 18.3. The summed E-state index contributed by atoms with van der Waals surface area (Å²) in [6.45, 7) is 8.40. The minimum Gasteiger partial charge on any atom is -0.400 e. The van der Waals surface area contributed by atoms with Crippen LogP contribution < -0.4 is 0 Å². The van der Waals surface area contributed by atoms with Crippen LogP contribution in [0.1, 0.15) is 39.7 Å². The van der Waals surface area contributed by atoms with Crippen LogP contribution in [0.2, 0.25) is 0 Å². The largest absolute Gasteiger partial charge is 2.00 e. The monoisotopic (exact) mass is 414 g/mol. The first kappa shape index (κ1) is 29.2. The van der Waals surface area contributed by atoms with Crippen molar-refractivity contribution >= 4 is 41.2 Å². The van der Waals surface area contributed by atoms with Crippen LogP contribution in [0, 0.1) is 12.0 Å². The van der Waals surface area contributed by atoms with Crippen LogP contribution in [-0.2, 0) is 21.7 Å². The minimum absolute atomic E-state index is 0. The van der Waals surface area contributed by atoms with E-state index < -0.39 is 0 Å². The van der Waals surface area contributed by atoms with Gasteiger partial charge in [0.15, 0.2) is 0 Å². The molecule has 0 atom stereocenters. The van der Waals surface area contributed by atoms with Crippen molar-refractivity contribution in [2.24, 2.45) is 0 Å². The molecular weight excluding hydrogens is 387 g/mol. The summed E-state index contributed by atoms with van der Waals surface area (Å²) in [5.41, 5.74) is 3.96. The van der Waals surface area contributed by atoms with E-state index in [2.05, 4.69) is 82.3 Å². The van der Waals surface area contributed by atoms with E-state index >= 15 is 0 Å². The van der Waals surface area contributed by atoms with Crippen LogP contribution in [0.5, 0.6) is 0 Å². The van der Waals surface area contributed by atoms with Gasteiger partial charge >= 0.3 is 21.7 Å². The quantitative estimate of drug-likeness (QED) is 0.420. The molecule has 0 spiro atoms. The Hall–Kier alpha value is -0.566. The van der Waals surface area contributed by atoms with Gasteiger partial charge in [-0.1, -0.05) is 41.3 Å². The fraction of sp³-hybridized carbons (Fsp3) is 0.286. The van der Waals surface area contributed by atoms with Crippen molar-refractivity contribution in [3.8, 4) is 0 Å². The Labute approximate surface area is 180 Å². The van der Waals surface area contributed by atoms with Crippen LogP contribution in [0.3, 0.4) is 0 Å². The van der Waals surface area contributed by atoms with Crippen LogP contribution in [-0.4, -0.2) is 12.2 Å². The van der Waals surface area contributed by atoms with Gasteiger partial charge in [0, 0.05) is 7.11 Å². The van der Waals surface area contributed by atoms with Gasteiger partial charge < -0.3 is 11.0 Å². The molecule has 136 valence electrons. The van der Waals surface area contributed by atoms with Gasteiger partial charge in [0.25, 0.3) is 0 Å². The third-order valence-electron chi connectivity index (χ3n) is 3.05. The van der Waals surface area contributed by atoms with Crippen molar-refractivity contribution in [2.45, 2.75) is 34.1 Å². The average Bonchev–Trinajstić information content (AvgIpc) is 2.95. The molecular formula is C21H28Cl2OTi. The maximum Gasteiger partial charge on any atom is 2.00 e. The van der Waals surface area contributed by atoms with E-state index in [-0.39, 0.29) is 46.5 Å². The number of aliphatic hydroxyl groups is 1. The molecule has 0 heterocycles. The molecule has 0 fully saturated rings. The first-order chi connectivity index (χ1) is 10.6. The number of aliphatic hydroxyl groups excluding tert-OH is 1. The van der Waals surface area contributed by atoms with Gasteiger partial charge in [-0.2, -0.15) is 20.8 Å². The van der Waals surface area contributed by atoms with E-state index in [1.807, 2.05) is 0 Å². The van der Waals surface area contributed by atoms with Gasteiger partial charge in [0.2, 0.25) is 0 Å². The predicted octanol–water partition coefficient (Wildman–Crippen LogP) is 6.44. The summed E-state index contributed by atoms with van der Waals surface area (Å²) in [5, 5.41) is 9.46. The van der Waals surface area contributed by atoms with E-state index in [9.17, 15) is 0 Å². The molecule has 0 radical (unpaired) electrons. The number of halogens is 2. The zero-order valence-corrected chi connectivity index (χ0v) is 18.8. The van der Waals surface area contributed by atoms with Gasteiger partial charge in [-0.15, -0.1) is 65.6 Å². The van der Waals surface area contributed by atoms with E-state index in [4.69, 9.17) is 5.11 Å². The standard InChI is InChI=1S/C16H13.C4H9.CH4O.2ClH.Ti/c1-12-6-7-15(10-12)16-9-8-13-4-2-3-5-14(13)11-16;1-4(2)3;1-2;;;/h2-6,8-10H,7H2,1H3;1-3H3;2H,1H3;2*1H;/q2*-1;;;;+2. The molecule has 0 amide bonds. The average molecular weight is 415 g/mol. The van der Waals surface area contributed by atoms with Gasteiger partial charge in [-0.05, 0) is 13.3 Å². The third-order valence-corrected chi connectivity index (χ3v) is 3.05. The molecule has 1 aliphatic carbocycles. The van der Waals surface area contributed by atoms with Gasteiger partial charge in [-0.3, -0.25) is 0 Å². The molecule has 4 heteroatoms. The van der Waals surface area contributed by atoms with E-state index in [1.165, 1.54) is 33.4 Å². The summed E-state index contributed by atoms with van der Waals surface area (Å²) in [6.07, 6.45) is 5.56. The fourth-order valence-corrected chi connectivity index (χ4v) is 2.15. The Morgan fingerprint density at radius 1 is 0.960 bits per heavy atom. The van der Waals surface area contributed by atoms with Crippen molar-refractivity contribution < 1.29 is 26.8 Å². The van der Waals surface area contributed by atoms with Gasteiger partial charge in [0.1, 0.15) is 0 Å². The topological polar surface area (TPSA) is 20.2 Å². The molecule has 1 nitrogen and oxygen atoms in total. The van der Waals surface area contributed by atoms with Crippen molar-refractivity contribution in [1.82, 2.24) is 0 Å². The molecule has 0 saturated carbocycles. The van der Waals surface area contributed by atoms with E-state index in [0.29, 0.717) is 0 Å². The maximum absolute atomic E-state index is 7.00. The minimum atomic E-state index is 0. The Morgan fingerprint density at radius 3 is 2.04 bits per heavy atom. The summed E-state index contributed by atoms with van der Waals surface area (Å²) >= 11 is 0. The number of benzene rings is 2. The van der Waals surface area contributed by atoms with Crippen LogP contribution >= 0.6 is 24.8 Å². The Bertz CT molecular complexity index is 661. The van der Waals surface area contributed by atoms with Crippen LogP contribution in [0.4, 0.5) is 0 Å². The van der Waals surface area contributed by atoms with Crippen molar-refractivity contribution in [2.75, 3.05) is 7.11 Å². The summed E-state index contributed by atoms with van der Waals surface area (Å²) in [5.74, 6) is 1.42. The second-order valence-electron chi connectivity index (χ2n) is 5.78. The zero-order chi connectivity index (χ0) is 16.5. The van der Waals surface area contributed by atoms with Crippen molar-refractivity contribution in [1.29, 1.82) is 0 Å². The first-order valence-corrected chi connectivity index (χ1v) is 7.56. The molecule has 0 bridgehead atoms. The van der Waals surface area contributed by atoms with Gasteiger partial charge in [0.05, 0.1) is 0 Å². The third kappa shape index (κ3) is 10.2. The van der Waals surface area contributed by atoms with Crippen molar-refractivity contribution in [3.05, 3.63) is 71.7 Å². The van der Waals surface area contributed by atoms with E-state index in [1.54, 1.807) is 0 Å². The summed E-state index contributed by atoms with van der Waals surface area (Å²) in [7, 11) is 1.00. The molecule has 2 aromatic carbocycles. The molecule has 0 aromatic heterocycles. The molecule has 0 unspecified atom stereocenters. The summed E-state index contributed by atoms with van der Waals surface area (Å²) in [4.78, 5) is 0. The molecule has 1 aliphatic rings. The second-order valence-corrected chi connectivity index (χ2v) is 5.78. The first-order valence-electron chi connectivity index (χ1n) is 7.56. The van der Waals surface area contributed by atoms with Gasteiger partial charge in [-0.25, -0.2) is 0 Å². The molecule has 0 aliphatic heterocycles. The number of hydrogen-bond acceptors (Lipinski definition) is 1. The van der Waals surface area contributed by atoms with Crippen LogP contribution in [0.15, 0.2) is 54.1 Å². The number of fused-ring (bicyclic) bond motifs is 1. The maximum atomic E-state index is 7.00. The Morgan fingerprint density at radius 2 is 1.52 bits per heavy atom. The fourth-order valence-electron chi connectivity index (χ4n) is 2.15. The normalized spacial score (nSPS) is 11.3. The summed E-state index contributed by atoms with van der Waals surface area (Å²) in [6, 6.07) is 16.2. The molecule has 1 N–H and O–H groups in total. The smallest absolute Gasteiger partial charge is 0.400 e. The zero-order valence-electron chi connectivity index (χ0n) is 15.6. The second kappa shape index (κ2) is 15.7. The molecule has 25 heavy (non-hydrogen) atoms. The number of rotatable bonds is 1. The predicted molar refractivity (Wildman–Crippen MR) is 112 cm³/mol. The molecule has 0 saturated heterocycles. The number of allylic oxidation sites excluding steroid dienone is 4. The van der Waals surface area contributed by atoms with Crippen molar-refractivity contribution in [3.63, 3.8) is 0 Å². The molecule has 2 aromatic rings.